The number of benzene rings is 1. The summed E-state index contributed by atoms with van der Waals surface area (Å²) in [5.74, 6) is 0. The molecule has 1 atom stereocenters. The van der Waals surface area contributed by atoms with E-state index >= 15 is 0 Å². The Balaban J connectivity index is 2.11. The summed E-state index contributed by atoms with van der Waals surface area (Å²) in [6, 6.07) is 6.86. The van der Waals surface area contributed by atoms with Crippen molar-refractivity contribution in [3.8, 4) is 0 Å². The van der Waals surface area contributed by atoms with Crippen molar-refractivity contribution in [3.63, 3.8) is 0 Å². The lowest BCUT2D eigenvalue weighted by Gasteiger charge is -2.29. The molecule has 0 spiro atoms. The predicted octanol–water partition coefficient (Wildman–Crippen LogP) is 3.60. The smallest absolute Gasteiger partial charge is 0.0538 e. The summed E-state index contributed by atoms with van der Waals surface area (Å²) < 4.78 is 5.65. The van der Waals surface area contributed by atoms with Crippen LogP contribution in [0.5, 0.6) is 0 Å². The molecule has 1 heterocycles. The van der Waals surface area contributed by atoms with Gasteiger partial charge in [-0.2, -0.15) is 0 Å². The summed E-state index contributed by atoms with van der Waals surface area (Å²) in [6.07, 6.45) is 2.10. The molecular weight excluding hydrogens is 258 g/mol. The van der Waals surface area contributed by atoms with Gasteiger partial charge in [0, 0.05) is 29.6 Å². The Morgan fingerprint density at radius 3 is 2.79 bits per heavy atom. The molecule has 106 valence electrons. The average Bonchev–Trinajstić information content (AvgIpc) is 2.80. The van der Waals surface area contributed by atoms with Gasteiger partial charge in [-0.15, -0.1) is 0 Å². The van der Waals surface area contributed by atoms with E-state index in [0.717, 1.165) is 37.6 Å². The number of aryl methyl sites for hydroxylation is 1. The first kappa shape index (κ1) is 14.8. The zero-order chi connectivity index (χ0) is 13.9. The highest BCUT2D eigenvalue weighted by Gasteiger charge is 2.35. The Morgan fingerprint density at radius 1 is 1.42 bits per heavy atom. The Bertz CT molecular complexity index is 425. The molecule has 0 radical (unpaired) electrons. The van der Waals surface area contributed by atoms with E-state index in [2.05, 4.69) is 44.3 Å². The summed E-state index contributed by atoms with van der Waals surface area (Å²) in [5.41, 5.74) is 2.65. The minimum absolute atomic E-state index is 0.198. The lowest BCUT2D eigenvalue weighted by atomic mass is 9.80. The SMILES string of the molecule is Cc1ccc(CC2(CNC(C)C)CCOC2)c(Cl)c1. The van der Waals surface area contributed by atoms with E-state index in [1.807, 2.05) is 0 Å². The normalized spacial score (nSPS) is 23.2. The molecule has 0 aliphatic carbocycles. The van der Waals surface area contributed by atoms with E-state index in [1.165, 1.54) is 11.1 Å². The first-order valence-electron chi connectivity index (χ1n) is 7.07. The molecule has 0 aromatic heterocycles. The topological polar surface area (TPSA) is 21.3 Å². The van der Waals surface area contributed by atoms with Crippen LogP contribution < -0.4 is 5.32 Å². The maximum atomic E-state index is 6.37. The van der Waals surface area contributed by atoms with Crippen LogP contribution in [0.25, 0.3) is 0 Å². The van der Waals surface area contributed by atoms with Crippen LogP contribution in [-0.4, -0.2) is 25.8 Å². The second-order valence-corrected chi connectivity index (χ2v) is 6.52. The lowest BCUT2D eigenvalue weighted by Crippen LogP contribution is -2.39. The molecule has 1 aromatic carbocycles. The molecule has 1 fully saturated rings. The molecule has 0 amide bonds. The molecule has 1 saturated heterocycles. The molecule has 1 aliphatic rings. The van der Waals surface area contributed by atoms with E-state index in [0.29, 0.717) is 6.04 Å². The van der Waals surface area contributed by atoms with Crippen LogP contribution in [-0.2, 0) is 11.2 Å². The van der Waals surface area contributed by atoms with Gasteiger partial charge in [0.25, 0.3) is 0 Å². The van der Waals surface area contributed by atoms with Gasteiger partial charge in [-0.05, 0) is 37.0 Å². The maximum Gasteiger partial charge on any atom is 0.0538 e. The lowest BCUT2D eigenvalue weighted by molar-refractivity contribution is 0.148. The molecule has 0 bridgehead atoms. The van der Waals surface area contributed by atoms with Crippen molar-refractivity contribution in [1.29, 1.82) is 0 Å². The molecule has 1 aromatic rings. The van der Waals surface area contributed by atoms with E-state index in [1.54, 1.807) is 0 Å². The van der Waals surface area contributed by atoms with Crippen LogP contribution in [0.1, 0.15) is 31.4 Å². The molecule has 0 saturated carbocycles. The summed E-state index contributed by atoms with van der Waals surface area (Å²) in [4.78, 5) is 0. The van der Waals surface area contributed by atoms with Crippen molar-refractivity contribution in [3.05, 3.63) is 34.3 Å². The zero-order valence-corrected chi connectivity index (χ0v) is 12.9. The Morgan fingerprint density at radius 2 is 2.21 bits per heavy atom. The van der Waals surface area contributed by atoms with Gasteiger partial charge in [0.1, 0.15) is 0 Å². The summed E-state index contributed by atoms with van der Waals surface area (Å²) in [6.45, 7) is 9.13. The summed E-state index contributed by atoms with van der Waals surface area (Å²) in [7, 11) is 0. The fourth-order valence-corrected chi connectivity index (χ4v) is 2.91. The number of hydrogen-bond donors (Lipinski definition) is 1. The molecule has 2 rings (SSSR count). The first-order valence-corrected chi connectivity index (χ1v) is 7.45. The van der Waals surface area contributed by atoms with Crippen LogP contribution in [0.15, 0.2) is 18.2 Å². The number of nitrogens with one attached hydrogen (secondary N) is 1. The van der Waals surface area contributed by atoms with Crippen LogP contribution in [0.3, 0.4) is 0 Å². The predicted molar refractivity (Wildman–Crippen MR) is 80.9 cm³/mol. The largest absolute Gasteiger partial charge is 0.381 e. The first-order chi connectivity index (χ1) is 9.01. The summed E-state index contributed by atoms with van der Waals surface area (Å²) in [5, 5.41) is 4.44. The second kappa shape index (κ2) is 6.25. The standard InChI is InChI=1S/C16H24ClNO/c1-12(2)18-10-16(6-7-19-11-16)9-14-5-4-13(3)8-15(14)17/h4-5,8,12,18H,6-7,9-11H2,1-3H3. The van der Waals surface area contributed by atoms with Crippen molar-refractivity contribution in [2.45, 2.75) is 39.7 Å². The van der Waals surface area contributed by atoms with Gasteiger partial charge in [-0.25, -0.2) is 0 Å². The molecule has 2 nitrogen and oxygen atoms in total. The number of halogens is 1. The van der Waals surface area contributed by atoms with Crippen LogP contribution in [0, 0.1) is 12.3 Å². The van der Waals surface area contributed by atoms with E-state index in [-0.39, 0.29) is 5.41 Å². The van der Waals surface area contributed by atoms with Crippen molar-refractivity contribution in [1.82, 2.24) is 5.32 Å². The number of hydrogen-bond acceptors (Lipinski definition) is 2. The maximum absolute atomic E-state index is 6.37. The summed E-state index contributed by atoms with van der Waals surface area (Å²) >= 11 is 6.37. The quantitative estimate of drug-likeness (QED) is 0.890. The van der Waals surface area contributed by atoms with E-state index in [9.17, 15) is 0 Å². The highest BCUT2D eigenvalue weighted by Crippen LogP contribution is 2.34. The third-order valence-electron chi connectivity index (χ3n) is 3.84. The second-order valence-electron chi connectivity index (χ2n) is 6.11. The fourth-order valence-electron chi connectivity index (χ4n) is 2.61. The third-order valence-corrected chi connectivity index (χ3v) is 4.20. The molecule has 19 heavy (non-hydrogen) atoms. The molecule has 1 unspecified atom stereocenters. The monoisotopic (exact) mass is 281 g/mol. The van der Waals surface area contributed by atoms with Crippen molar-refractivity contribution < 1.29 is 4.74 Å². The van der Waals surface area contributed by atoms with Crippen molar-refractivity contribution in [2.75, 3.05) is 19.8 Å². The minimum atomic E-state index is 0.198. The average molecular weight is 282 g/mol. The molecule has 1 N–H and O–H groups in total. The van der Waals surface area contributed by atoms with Gasteiger partial charge in [0.05, 0.1) is 6.61 Å². The van der Waals surface area contributed by atoms with Crippen LogP contribution in [0.4, 0.5) is 0 Å². The third kappa shape index (κ3) is 3.95. The highest BCUT2D eigenvalue weighted by molar-refractivity contribution is 6.31. The fraction of sp³-hybridized carbons (Fsp3) is 0.625. The van der Waals surface area contributed by atoms with Gasteiger partial charge in [0.15, 0.2) is 0 Å². The Labute approximate surface area is 121 Å². The number of rotatable bonds is 5. The van der Waals surface area contributed by atoms with E-state index < -0.39 is 0 Å². The van der Waals surface area contributed by atoms with Gasteiger partial charge in [0.2, 0.25) is 0 Å². The highest BCUT2D eigenvalue weighted by atomic mass is 35.5. The van der Waals surface area contributed by atoms with Crippen molar-refractivity contribution in [2.24, 2.45) is 5.41 Å². The van der Waals surface area contributed by atoms with Crippen LogP contribution >= 0.6 is 11.6 Å². The Hall–Kier alpha value is -0.570. The van der Waals surface area contributed by atoms with Gasteiger partial charge in [-0.3, -0.25) is 0 Å². The van der Waals surface area contributed by atoms with Gasteiger partial charge >= 0.3 is 0 Å². The number of ether oxygens (including phenoxy) is 1. The van der Waals surface area contributed by atoms with E-state index in [4.69, 9.17) is 16.3 Å². The van der Waals surface area contributed by atoms with Crippen molar-refractivity contribution >= 4 is 11.6 Å². The Kier molecular flexibility index (Phi) is 4.88. The van der Waals surface area contributed by atoms with Gasteiger partial charge < -0.3 is 10.1 Å². The minimum Gasteiger partial charge on any atom is -0.381 e. The van der Waals surface area contributed by atoms with Gasteiger partial charge in [-0.1, -0.05) is 37.6 Å². The molecule has 3 heteroatoms. The molecule has 1 aliphatic heterocycles. The van der Waals surface area contributed by atoms with Crippen LogP contribution in [0.2, 0.25) is 5.02 Å². The zero-order valence-electron chi connectivity index (χ0n) is 12.1. The molecular formula is C16H24ClNO.